The van der Waals surface area contributed by atoms with Gasteiger partial charge >= 0.3 is 0 Å². The second kappa shape index (κ2) is 8.68. The molecule has 0 unspecified atom stereocenters. The molecular formula is C19H28N4O5S. The van der Waals surface area contributed by atoms with Crippen molar-refractivity contribution in [3.05, 3.63) is 23.8 Å². The van der Waals surface area contributed by atoms with Gasteiger partial charge in [0.2, 0.25) is 5.91 Å². The van der Waals surface area contributed by atoms with Gasteiger partial charge in [-0.2, -0.15) is 22.1 Å². The topological polar surface area (TPSA) is 91.8 Å². The van der Waals surface area contributed by atoms with Crippen LogP contribution < -0.4 is 9.47 Å². The molecule has 0 spiro atoms. The maximum absolute atomic E-state index is 12.5. The van der Waals surface area contributed by atoms with Crippen molar-refractivity contribution in [1.29, 1.82) is 0 Å². The molecule has 1 amide bonds. The summed E-state index contributed by atoms with van der Waals surface area (Å²) in [5.74, 6) is 1.22. The molecule has 3 rings (SSSR count). The van der Waals surface area contributed by atoms with E-state index in [9.17, 15) is 13.2 Å². The van der Waals surface area contributed by atoms with Crippen LogP contribution in [-0.2, 0) is 15.0 Å². The minimum atomic E-state index is -3.43. The number of ether oxygens (including phenoxy) is 2. The second-order valence-corrected chi connectivity index (χ2v) is 9.42. The Kier molecular flexibility index (Phi) is 6.45. The molecule has 2 aliphatic rings. The summed E-state index contributed by atoms with van der Waals surface area (Å²) in [6.07, 6.45) is 2.05. The van der Waals surface area contributed by atoms with Crippen LogP contribution in [0.2, 0.25) is 0 Å². The zero-order valence-corrected chi connectivity index (χ0v) is 18.1. The molecule has 2 aliphatic heterocycles. The molecule has 160 valence electrons. The highest BCUT2D eigenvalue weighted by molar-refractivity contribution is 7.86. The molecule has 0 bridgehead atoms. The molecule has 10 heteroatoms. The van der Waals surface area contributed by atoms with Gasteiger partial charge in [0, 0.05) is 45.6 Å². The molecule has 1 fully saturated rings. The van der Waals surface area contributed by atoms with Gasteiger partial charge in [-0.25, -0.2) is 5.01 Å². The molecule has 0 saturated carbocycles. The number of benzene rings is 1. The Labute approximate surface area is 172 Å². The highest BCUT2D eigenvalue weighted by atomic mass is 32.2. The summed E-state index contributed by atoms with van der Waals surface area (Å²) in [7, 11) is 2.77. The largest absolute Gasteiger partial charge is 0.493 e. The smallest absolute Gasteiger partial charge is 0.281 e. The van der Waals surface area contributed by atoms with E-state index in [4.69, 9.17) is 9.47 Å². The van der Waals surface area contributed by atoms with E-state index in [0.717, 1.165) is 11.3 Å². The summed E-state index contributed by atoms with van der Waals surface area (Å²) in [4.78, 5) is 12.5. The van der Waals surface area contributed by atoms with Crippen LogP contribution in [0.4, 0.5) is 0 Å². The van der Waals surface area contributed by atoms with Crippen LogP contribution in [0.15, 0.2) is 23.3 Å². The van der Waals surface area contributed by atoms with Crippen LogP contribution >= 0.6 is 0 Å². The first kappa shape index (κ1) is 21.5. The lowest BCUT2D eigenvalue weighted by Crippen LogP contribution is -2.50. The van der Waals surface area contributed by atoms with Gasteiger partial charge in [-0.15, -0.1) is 0 Å². The van der Waals surface area contributed by atoms with E-state index in [-0.39, 0.29) is 11.9 Å². The van der Waals surface area contributed by atoms with Gasteiger partial charge in [0.15, 0.2) is 11.5 Å². The molecule has 1 aromatic carbocycles. The third-order valence-corrected chi connectivity index (χ3v) is 7.27. The van der Waals surface area contributed by atoms with Gasteiger partial charge in [0.25, 0.3) is 10.2 Å². The van der Waals surface area contributed by atoms with E-state index in [1.54, 1.807) is 19.2 Å². The summed E-state index contributed by atoms with van der Waals surface area (Å²) in [5, 5.41) is 6.19. The van der Waals surface area contributed by atoms with Crippen molar-refractivity contribution in [1.82, 2.24) is 13.6 Å². The molecule has 0 aromatic heterocycles. The summed E-state index contributed by atoms with van der Waals surface area (Å²) in [6, 6.07) is 5.48. The Morgan fingerprint density at radius 1 is 1.07 bits per heavy atom. The van der Waals surface area contributed by atoms with Crippen LogP contribution in [0, 0.1) is 0 Å². The predicted molar refractivity (Wildman–Crippen MR) is 109 cm³/mol. The predicted octanol–water partition coefficient (Wildman–Crippen LogP) is 1.30. The standard InChI is InChI=1S/C19H28N4O5S/c1-21(2)29(25,26)22-11-9-15(10-12-22)23-19(24)8-6-16(20-23)14-5-7-17(27-3)18(13-14)28-4/h5,7,13,15H,6,8-12H2,1-4H3. The Bertz CT molecular complexity index is 892. The molecule has 0 atom stereocenters. The normalized spacial score (nSPS) is 19.4. The molecule has 0 radical (unpaired) electrons. The van der Waals surface area contributed by atoms with Gasteiger partial charge in [0.1, 0.15) is 0 Å². The monoisotopic (exact) mass is 424 g/mol. The molecule has 1 saturated heterocycles. The average molecular weight is 425 g/mol. The Morgan fingerprint density at radius 2 is 1.72 bits per heavy atom. The maximum Gasteiger partial charge on any atom is 0.281 e. The van der Waals surface area contributed by atoms with Crippen LogP contribution in [0.1, 0.15) is 31.2 Å². The Morgan fingerprint density at radius 3 is 2.31 bits per heavy atom. The summed E-state index contributed by atoms with van der Waals surface area (Å²) >= 11 is 0. The third-order valence-electron chi connectivity index (χ3n) is 5.33. The van der Waals surface area contributed by atoms with Crippen LogP contribution in [0.5, 0.6) is 11.5 Å². The minimum absolute atomic E-state index is 0.0249. The fraction of sp³-hybridized carbons (Fsp3) is 0.579. The molecule has 29 heavy (non-hydrogen) atoms. The first-order valence-corrected chi connectivity index (χ1v) is 11.0. The summed E-state index contributed by atoms with van der Waals surface area (Å²) in [6.45, 7) is 0.742. The van der Waals surface area contributed by atoms with Crippen molar-refractivity contribution in [2.24, 2.45) is 5.10 Å². The van der Waals surface area contributed by atoms with Crippen LogP contribution in [0.3, 0.4) is 0 Å². The van der Waals surface area contributed by atoms with Crippen molar-refractivity contribution in [3.8, 4) is 11.5 Å². The van der Waals surface area contributed by atoms with Crippen LogP contribution in [0.25, 0.3) is 0 Å². The van der Waals surface area contributed by atoms with Crippen molar-refractivity contribution in [2.75, 3.05) is 41.4 Å². The number of carbonyl (C=O) groups excluding carboxylic acids is 1. The first-order valence-electron chi connectivity index (χ1n) is 9.57. The third kappa shape index (κ3) is 4.39. The lowest BCUT2D eigenvalue weighted by molar-refractivity contribution is -0.134. The fourth-order valence-corrected chi connectivity index (χ4v) is 4.76. The number of nitrogens with zero attached hydrogens (tertiary/aromatic N) is 4. The molecule has 0 aliphatic carbocycles. The van der Waals surface area contributed by atoms with Crippen molar-refractivity contribution in [2.45, 2.75) is 31.7 Å². The number of carbonyl (C=O) groups is 1. The van der Waals surface area contributed by atoms with Gasteiger partial charge in [-0.1, -0.05) is 0 Å². The molecule has 2 heterocycles. The van der Waals surface area contributed by atoms with Crippen molar-refractivity contribution < 1.29 is 22.7 Å². The lowest BCUT2D eigenvalue weighted by atomic mass is 10.0. The van der Waals surface area contributed by atoms with Gasteiger partial charge < -0.3 is 9.47 Å². The first-order chi connectivity index (χ1) is 13.8. The van der Waals surface area contributed by atoms with Gasteiger partial charge in [-0.05, 0) is 31.0 Å². The average Bonchev–Trinajstić information content (AvgIpc) is 2.73. The quantitative estimate of drug-likeness (QED) is 0.686. The Hall–Kier alpha value is -2.17. The lowest BCUT2D eigenvalue weighted by Gasteiger charge is -2.37. The Balaban J connectivity index is 1.78. The van der Waals surface area contributed by atoms with E-state index in [1.165, 1.54) is 22.7 Å². The molecule has 9 nitrogen and oxygen atoms in total. The van der Waals surface area contributed by atoms with Gasteiger partial charge in [0.05, 0.1) is 26.0 Å². The summed E-state index contributed by atoms with van der Waals surface area (Å²) in [5.41, 5.74) is 1.70. The second-order valence-electron chi connectivity index (χ2n) is 7.28. The maximum atomic E-state index is 12.5. The van der Waals surface area contributed by atoms with Crippen molar-refractivity contribution >= 4 is 21.8 Å². The van der Waals surface area contributed by atoms with E-state index < -0.39 is 10.2 Å². The van der Waals surface area contributed by atoms with Gasteiger partial charge in [-0.3, -0.25) is 4.79 Å². The van der Waals surface area contributed by atoms with E-state index >= 15 is 0 Å². The molecule has 0 N–H and O–H groups in total. The van der Waals surface area contributed by atoms with Crippen molar-refractivity contribution in [3.63, 3.8) is 0 Å². The van der Waals surface area contributed by atoms with E-state index in [0.29, 0.717) is 50.3 Å². The zero-order chi connectivity index (χ0) is 21.2. The number of methoxy groups -OCH3 is 2. The van der Waals surface area contributed by atoms with Crippen LogP contribution in [-0.4, -0.2) is 81.1 Å². The number of hydrogen-bond acceptors (Lipinski definition) is 6. The molecule has 1 aromatic rings. The fourth-order valence-electron chi connectivity index (χ4n) is 3.63. The molecular weight excluding hydrogens is 396 g/mol. The SMILES string of the molecule is COc1ccc(C2=NN(C3CCN(S(=O)(=O)N(C)C)CC3)C(=O)CC2)cc1OC. The number of hydrazone groups is 1. The van der Waals surface area contributed by atoms with E-state index in [2.05, 4.69) is 5.10 Å². The highest BCUT2D eigenvalue weighted by Crippen LogP contribution is 2.30. The zero-order valence-electron chi connectivity index (χ0n) is 17.3. The highest BCUT2D eigenvalue weighted by Gasteiger charge is 2.35. The van der Waals surface area contributed by atoms with E-state index in [1.807, 2.05) is 18.2 Å². The number of hydrogen-bond donors (Lipinski definition) is 0. The number of rotatable bonds is 6. The number of amides is 1. The summed E-state index contributed by atoms with van der Waals surface area (Å²) < 4.78 is 37.9. The minimum Gasteiger partial charge on any atom is -0.493 e. The number of piperidine rings is 1.